The number of hydrogen-bond acceptors (Lipinski definition) is 3. The Morgan fingerprint density at radius 1 is 1.35 bits per heavy atom. The molecule has 0 aliphatic rings. The van der Waals surface area contributed by atoms with E-state index in [-0.39, 0.29) is 19.1 Å². The van der Waals surface area contributed by atoms with Gasteiger partial charge in [0.2, 0.25) is 0 Å². The number of halogens is 1. The molecule has 5 heteroatoms. The maximum atomic E-state index is 9.56. The third-order valence-corrected chi connectivity index (χ3v) is 4.13. The summed E-state index contributed by atoms with van der Waals surface area (Å²) < 4.78 is 1.72. The highest BCUT2D eigenvalue weighted by molar-refractivity contribution is 6.31. The SMILES string of the molecule is Cc1nn(C)c(CC(CO)(CO)C(C)C)c1Cl. The van der Waals surface area contributed by atoms with Crippen LogP contribution in [-0.2, 0) is 13.5 Å². The van der Waals surface area contributed by atoms with Gasteiger partial charge < -0.3 is 10.2 Å². The summed E-state index contributed by atoms with van der Waals surface area (Å²) in [5.41, 5.74) is 1.09. The van der Waals surface area contributed by atoms with Crippen molar-refractivity contribution in [1.82, 2.24) is 9.78 Å². The van der Waals surface area contributed by atoms with Gasteiger partial charge in [0.25, 0.3) is 0 Å². The number of nitrogens with zero attached hydrogens (tertiary/aromatic N) is 2. The first kappa shape index (κ1) is 14.5. The lowest BCUT2D eigenvalue weighted by Crippen LogP contribution is -2.38. The molecule has 98 valence electrons. The van der Waals surface area contributed by atoms with Crippen LogP contribution in [0.1, 0.15) is 25.2 Å². The number of aromatic nitrogens is 2. The molecule has 0 atom stereocenters. The van der Waals surface area contributed by atoms with E-state index in [0.29, 0.717) is 11.4 Å². The molecule has 0 aliphatic carbocycles. The molecule has 0 spiro atoms. The Morgan fingerprint density at radius 3 is 2.18 bits per heavy atom. The average molecular weight is 261 g/mol. The van der Waals surface area contributed by atoms with Crippen LogP contribution in [0.3, 0.4) is 0 Å². The number of aryl methyl sites for hydroxylation is 2. The van der Waals surface area contributed by atoms with Crippen LogP contribution < -0.4 is 0 Å². The molecule has 0 unspecified atom stereocenters. The number of rotatable bonds is 5. The predicted molar refractivity (Wildman–Crippen MR) is 68.1 cm³/mol. The van der Waals surface area contributed by atoms with Gasteiger partial charge in [-0.2, -0.15) is 5.10 Å². The summed E-state index contributed by atoms with van der Waals surface area (Å²) in [5.74, 6) is 0.156. The lowest BCUT2D eigenvalue weighted by molar-refractivity contribution is 0.0149. The molecular formula is C12H21ClN2O2. The van der Waals surface area contributed by atoms with Crippen molar-refractivity contribution >= 4 is 11.6 Å². The highest BCUT2D eigenvalue weighted by Gasteiger charge is 2.35. The van der Waals surface area contributed by atoms with Crippen LogP contribution in [0.15, 0.2) is 0 Å². The standard InChI is InChI=1S/C12H21ClN2O2/c1-8(2)12(6-16,7-17)5-10-11(13)9(3)14-15(10)4/h8,16-17H,5-7H2,1-4H3. The van der Waals surface area contributed by atoms with Crippen molar-refractivity contribution in [3.63, 3.8) is 0 Å². The smallest absolute Gasteiger partial charge is 0.0847 e. The van der Waals surface area contributed by atoms with Crippen LogP contribution in [0.2, 0.25) is 5.02 Å². The predicted octanol–water partition coefficient (Wildman–Crippen LogP) is 1.55. The first-order valence-corrected chi connectivity index (χ1v) is 6.15. The topological polar surface area (TPSA) is 58.3 Å². The zero-order chi connectivity index (χ0) is 13.2. The van der Waals surface area contributed by atoms with Gasteiger partial charge in [-0.3, -0.25) is 4.68 Å². The van der Waals surface area contributed by atoms with Gasteiger partial charge in [-0.25, -0.2) is 0 Å². The first-order chi connectivity index (χ1) is 7.88. The highest BCUT2D eigenvalue weighted by atomic mass is 35.5. The van der Waals surface area contributed by atoms with E-state index in [9.17, 15) is 10.2 Å². The van der Waals surface area contributed by atoms with E-state index in [2.05, 4.69) is 5.10 Å². The Labute approximate surface area is 107 Å². The number of hydrogen-bond donors (Lipinski definition) is 2. The second-order valence-corrected chi connectivity index (χ2v) is 5.36. The van der Waals surface area contributed by atoms with Crippen molar-refractivity contribution in [1.29, 1.82) is 0 Å². The quantitative estimate of drug-likeness (QED) is 0.845. The Bertz CT molecular complexity index is 384. The maximum absolute atomic E-state index is 9.56. The van der Waals surface area contributed by atoms with Gasteiger partial charge in [0, 0.05) is 18.9 Å². The summed E-state index contributed by atoms with van der Waals surface area (Å²) in [5, 5.41) is 24.0. The monoisotopic (exact) mass is 260 g/mol. The van der Waals surface area contributed by atoms with Gasteiger partial charge in [-0.15, -0.1) is 0 Å². The molecule has 1 rings (SSSR count). The summed E-state index contributed by atoms with van der Waals surface area (Å²) in [7, 11) is 1.83. The zero-order valence-corrected chi connectivity index (χ0v) is 11.6. The normalized spacial score (nSPS) is 12.5. The number of aliphatic hydroxyl groups excluding tert-OH is 2. The summed E-state index contributed by atoms with van der Waals surface area (Å²) in [6.45, 7) is 5.69. The third-order valence-electron chi connectivity index (χ3n) is 3.64. The molecule has 0 radical (unpaired) electrons. The van der Waals surface area contributed by atoms with Crippen LogP contribution in [0, 0.1) is 18.3 Å². The van der Waals surface area contributed by atoms with Crippen LogP contribution in [0.4, 0.5) is 0 Å². The maximum Gasteiger partial charge on any atom is 0.0847 e. The van der Waals surface area contributed by atoms with E-state index in [1.807, 2.05) is 27.8 Å². The second kappa shape index (κ2) is 5.38. The van der Waals surface area contributed by atoms with E-state index in [0.717, 1.165) is 11.4 Å². The fraction of sp³-hybridized carbons (Fsp3) is 0.750. The average Bonchev–Trinajstić information content (AvgIpc) is 2.51. The van der Waals surface area contributed by atoms with E-state index < -0.39 is 5.41 Å². The van der Waals surface area contributed by atoms with Gasteiger partial charge in [-0.1, -0.05) is 25.4 Å². The minimum Gasteiger partial charge on any atom is -0.396 e. The Hall–Kier alpha value is -0.580. The van der Waals surface area contributed by atoms with E-state index in [4.69, 9.17) is 11.6 Å². The van der Waals surface area contributed by atoms with Gasteiger partial charge in [0.15, 0.2) is 0 Å². The minimum atomic E-state index is -0.552. The van der Waals surface area contributed by atoms with Crippen molar-refractivity contribution < 1.29 is 10.2 Å². The van der Waals surface area contributed by atoms with Gasteiger partial charge >= 0.3 is 0 Å². The van der Waals surface area contributed by atoms with Crippen LogP contribution in [0.25, 0.3) is 0 Å². The lowest BCUT2D eigenvalue weighted by Gasteiger charge is -2.34. The molecule has 0 bridgehead atoms. The molecule has 17 heavy (non-hydrogen) atoms. The molecule has 0 aromatic carbocycles. The van der Waals surface area contributed by atoms with Crippen molar-refractivity contribution in [3.05, 3.63) is 16.4 Å². The minimum absolute atomic E-state index is 0.0677. The summed E-state index contributed by atoms with van der Waals surface area (Å²) >= 11 is 6.19. The van der Waals surface area contributed by atoms with Crippen LogP contribution in [-0.4, -0.2) is 33.2 Å². The molecule has 0 aliphatic heterocycles. The molecule has 4 nitrogen and oxygen atoms in total. The molecule has 2 N–H and O–H groups in total. The molecule has 1 aromatic heterocycles. The van der Waals surface area contributed by atoms with Crippen LogP contribution in [0.5, 0.6) is 0 Å². The molecule has 0 fully saturated rings. The van der Waals surface area contributed by atoms with Crippen LogP contribution >= 0.6 is 11.6 Å². The molecular weight excluding hydrogens is 240 g/mol. The highest BCUT2D eigenvalue weighted by Crippen LogP contribution is 2.34. The summed E-state index contributed by atoms with van der Waals surface area (Å²) in [6, 6.07) is 0. The van der Waals surface area contributed by atoms with E-state index >= 15 is 0 Å². The molecule has 0 saturated heterocycles. The molecule has 0 saturated carbocycles. The van der Waals surface area contributed by atoms with E-state index in [1.54, 1.807) is 4.68 Å². The van der Waals surface area contributed by atoms with Crippen molar-refractivity contribution in [3.8, 4) is 0 Å². The number of aliphatic hydroxyl groups is 2. The first-order valence-electron chi connectivity index (χ1n) is 5.77. The Balaban J connectivity index is 3.10. The fourth-order valence-corrected chi connectivity index (χ4v) is 2.16. The van der Waals surface area contributed by atoms with Gasteiger partial charge in [-0.05, 0) is 12.8 Å². The Morgan fingerprint density at radius 2 is 1.88 bits per heavy atom. The second-order valence-electron chi connectivity index (χ2n) is 4.98. The summed E-state index contributed by atoms with van der Waals surface area (Å²) in [6.07, 6.45) is 0.522. The molecule has 1 aromatic rings. The third kappa shape index (κ3) is 2.64. The molecule has 0 amide bonds. The van der Waals surface area contributed by atoms with Crippen molar-refractivity contribution in [2.45, 2.75) is 27.2 Å². The molecule has 1 heterocycles. The largest absolute Gasteiger partial charge is 0.396 e. The van der Waals surface area contributed by atoms with Crippen molar-refractivity contribution in [2.24, 2.45) is 18.4 Å². The van der Waals surface area contributed by atoms with Crippen molar-refractivity contribution in [2.75, 3.05) is 13.2 Å². The zero-order valence-electron chi connectivity index (χ0n) is 10.9. The lowest BCUT2D eigenvalue weighted by atomic mass is 9.75. The fourth-order valence-electron chi connectivity index (χ4n) is 1.94. The van der Waals surface area contributed by atoms with Gasteiger partial charge in [0.1, 0.15) is 0 Å². The Kier molecular flexibility index (Phi) is 4.58. The van der Waals surface area contributed by atoms with E-state index in [1.165, 1.54) is 0 Å². The van der Waals surface area contributed by atoms with Gasteiger partial charge in [0.05, 0.1) is 29.6 Å². The summed E-state index contributed by atoms with van der Waals surface area (Å²) in [4.78, 5) is 0.